The molecular weight excluding hydrogens is 190 g/mol. The Kier molecular flexibility index (Phi) is 4.14. The summed E-state index contributed by atoms with van der Waals surface area (Å²) in [5.74, 6) is 0.147. The molecule has 0 aromatic heterocycles. The van der Waals surface area contributed by atoms with Crippen molar-refractivity contribution < 1.29 is 9.90 Å². The third-order valence-corrected chi connectivity index (χ3v) is 3.60. The van der Waals surface area contributed by atoms with Crippen molar-refractivity contribution in [2.75, 3.05) is 19.6 Å². The number of carboxylic acids is 1. The minimum absolute atomic E-state index is 0.558. The molecule has 0 aromatic rings. The van der Waals surface area contributed by atoms with Gasteiger partial charge in [-0.05, 0) is 25.7 Å². The molecule has 0 bridgehead atoms. The van der Waals surface area contributed by atoms with Gasteiger partial charge in [0.2, 0.25) is 0 Å². The van der Waals surface area contributed by atoms with E-state index >= 15 is 0 Å². The SMILES string of the molecule is CCCC1CN(CC(C)(CC)C(=O)O)C1. The van der Waals surface area contributed by atoms with Gasteiger partial charge in [-0.3, -0.25) is 4.79 Å². The van der Waals surface area contributed by atoms with E-state index in [-0.39, 0.29) is 0 Å². The van der Waals surface area contributed by atoms with Gasteiger partial charge in [-0.1, -0.05) is 20.3 Å². The van der Waals surface area contributed by atoms with E-state index in [2.05, 4.69) is 11.8 Å². The van der Waals surface area contributed by atoms with Crippen molar-refractivity contribution >= 4 is 5.97 Å². The number of carbonyl (C=O) groups is 1. The van der Waals surface area contributed by atoms with Crippen molar-refractivity contribution in [3.63, 3.8) is 0 Å². The van der Waals surface area contributed by atoms with Crippen molar-refractivity contribution in [3.05, 3.63) is 0 Å². The van der Waals surface area contributed by atoms with Gasteiger partial charge in [0.1, 0.15) is 0 Å². The lowest BCUT2D eigenvalue weighted by atomic mass is 9.84. The molecule has 1 heterocycles. The van der Waals surface area contributed by atoms with E-state index in [4.69, 9.17) is 5.11 Å². The Labute approximate surface area is 92.5 Å². The number of rotatable bonds is 6. The molecule has 0 aromatic carbocycles. The van der Waals surface area contributed by atoms with Crippen LogP contribution in [0.4, 0.5) is 0 Å². The minimum Gasteiger partial charge on any atom is -0.481 e. The molecule has 3 heteroatoms. The maximum absolute atomic E-state index is 11.1. The molecule has 0 spiro atoms. The third kappa shape index (κ3) is 2.94. The quantitative estimate of drug-likeness (QED) is 0.735. The zero-order valence-electron chi connectivity index (χ0n) is 10.1. The van der Waals surface area contributed by atoms with Crippen LogP contribution in [-0.4, -0.2) is 35.6 Å². The van der Waals surface area contributed by atoms with Crippen molar-refractivity contribution in [2.24, 2.45) is 11.3 Å². The molecule has 0 amide bonds. The Morgan fingerprint density at radius 2 is 2.07 bits per heavy atom. The molecule has 1 aliphatic rings. The van der Waals surface area contributed by atoms with Gasteiger partial charge in [-0.2, -0.15) is 0 Å². The van der Waals surface area contributed by atoms with Gasteiger partial charge in [0.15, 0.2) is 0 Å². The van der Waals surface area contributed by atoms with E-state index in [1.807, 2.05) is 13.8 Å². The van der Waals surface area contributed by atoms with E-state index in [1.54, 1.807) is 0 Å². The van der Waals surface area contributed by atoms with Crippen LogP contribution in [0.15, 0.2) is 0 Å². The number of hydrogen-bond donors (Lipinski definition) is 1. The van der Waals surface area contributed by atoms with Gasteiger partial charge < -0.3 is 10.0 Å². The average molecular weight is 213 g/mol. The van der Waals surface area contributed by atoms with E-state index < -0.39 is 11.4 Å². The van der Waals surface area contributed by atoms with Crippen molar-refractivity contribution in [2.45, 2.75) is 40.0 Å². The number of nitrogens with zero attached hydrogens (tertiary/aromatic N) is 1. The minimum atomic E-state index is -0.663. The predicted molar refractivity (Wildman–Crippen MR) is 60.9 cm³/mol. The lowest BCUT2D eigenvalue weighted by molar-refractivity contribution is -0.150. The second kappa shape index (κ2) is 4.97. The molecule has 0 aliphatic carbocycles. The first-order chi connectivity index (χ1) is 7.01. The molecule has 1 fully saturated rings. The summed E-state index contributed by atoms with van der Waals surface area (Å²) in [6, 6.07) is 0. The van der Waals surface area contributed by atoms with Crippen LogP contribution in [0.25, 0.3) is 0 Å². The number of aliphatic carboxylic acids is 1. The van der Waals surface area contributed by atoms with Crippen molar-refractivity contribution in [1.29, 1.82) is 0 Å². The van der Waals surface area contributed by atoms with Crippen LogP contribution < -0.4 is 0 Å². The van der Waals surface area contributed by atoms with Crippen LogP contribution >= 0.6 is 0 Å². The monoisotopic (exact) mass is 213 g/mol. The summed E-state index contributed by atoms with van der Waals surface area (Å²) in [6.45, 7) is 8.91. The first kappa shape index (κ1) is 12.5. The number of carboxylic acid groups (broad SMARTS) is 1. The number of hydrogen-bond acceptors (Lipinski definition) is 2. The summed E-state index contributed by atoms with van der Waals surface area (Å²) in [5.41, 5.74) is -0.558. The molecule has 1 aliphatic heterocycles. The topological polar surface area (TPSA) is 40.5 Å². The Balaban J connectivity index is 2.34. The molecule has 1 rings (SSSR count). The summed E-state index contributed by atoms with van der Waals surface area (Å²) < 4.78 is 0. The zero-order chi connectivity index (χ0) is 11.5. The van der Waals surface area contributed by atoms with Gasteiger partial charge in [0.25, 0.3) is 0 Å². The second-order valence-corrected chi connectivity index (χ2v) is 5.07. The highest BCUT2D eigenvalue weighted by Gasteiger charge is 2.37. The molecule has 1 N–H and O–H groups in total. The first-order valence-electron chi connectivity index (χ1n) is 5.97. The van der Waals surface area contributed by atoms with E-state index in [0.717, 1.165) is 19.0 Å². The van der Waals surface area contributed by atoms with E-state index in [0.29, 0.717) is 13.0 Å². The molecular formula is C12H23NO2. The maximum Gasteiger partial charge on any atom is 0.310 e. The Morgan fingerprint density at radius 1 is 1.47 bits per heavy atom. The second-order valence-electron chi connectivity index (χ2n) is 5.07. The molecule has 3 nitrogen and oxygen atoms in total. The van der Waals surface area contributed by atoms with Crippen LogP contribution in [-0.2, 0) is 4.79 Å². The Hall–Kier alpha value is -0.570. The zero-order valence-corrected chi connectivity index (χ0v) is 10.1. The molecule has 1 saturated heterocycles. The normalized spacial score (nSPS) is 22.1. The largest absolute Gasteiger partial charge is 0.481 e. The van der Waals surface area contributed by atoms with Crippen LogP contribution in [0.5, 0.6) is 0 Å². The molecule has 0 saturated carbocycles. The molecule has 1 unspecified atom stereocenters. The Morgan fingerprint density at radius 3 is 2.47 bits per heavy atom. The third-order valence-electron chi connectivity index (χ3n) is 3.60. The van der Waals surface area contributed by atoms with Crippen LogP contribution in [0.2, 0.25) is 0 Å². The van der Waals surface area contributed by atoms with Crippen LogP contribution in [0.3, 0.4) is 0 Å². The fraction of sp³-hybridized carbons (Fsp3) is 0.917. The Bertz CT molecular complexity index is 224. The highest BCUT2D eigenvalue weighted by atomic mass is 16.4. The lowest BCUT2D eigenvalue weighted by Gasteiger charge is -2.43. The highest BCUT2D eigenvalue weighted by Crippen LogP contribution is 2.28. The fourth-order valence-corrected chi connectivity index (χ4v) is 2.22. The first-order valence-corrected chi connectivity index (χ1v) is 5.97. The van der Waals surface area contributed by atoms with Gasteiger partial charge in [-0.15, -0.1) is 0 Å². The number of likely N-dealkylation sites (tertiary alicyclic amines) is 1. The molecule has 1 atom stereocenters. The van der Waals surface area contributed by atoms with Gasteiger partial charge in [0.05, 0.1) is 5.41 Å². The van der Waals surface area contributed by atoms with E-state index in [9.17, 15) is 4.79 Å². The predicted octanol–water partition coefficient (Wildman–Crippen LogP) is 2.22. The average Bonchev–Trinajstić information content (AvgIpc) is 2.14. The summed E-state index contributed by atoms with van der Waals surface area (Å²) in [5, 5.41) is 9.14. The summed E-state index contributed by atoms with van der Waals surface area (Å²) in [4.78, 5) is 13.4. The standard InChI is InChI=1S/C12H23NO2/c1-4-6-10-7-13(8-10)9-12(3,5-2)11(14)15/h10H,4-9H2,1-3H3,(H,14,15). The van der Waals surface area contributed by atoms with Crippen molar-refractivity contribution in [1.82, 2.24) is 4.90 Å². The molecule has 88 valence electrons. The maximum atomic E-state index is 11.1. The lowest BCUT2D eigenvalue weighted by Crippen LogP contribution is -2.52. The van der Waals surface area contributed by atoms with Crippen LogP contribution in [0.1, 0.15) is 40.0 Å². The summed E-state index contributed by atoms with van der Waals surface area (Å²) in [6.07, 6.45) is 3.23. The molecule has 0 radical (unpaired) electrons. The smallest absolute Gasteiger partial charge is 0.310 e. The van der Waals surface area contributed by atoms with E-state index in [1.165, 1.54) is 12.8 Å². The molecule has 15 heavy (non-hydrogen) atoms. The van der Waals surface area contributed by atoms with Crippen LogP contribution in [0, 0.1) is 11.3 Å². The summed E-state index contributed by atoms with van der Waals surface area (Å²) in [7, 11) is 0. The summed E-state index contributed by atoms with van der Waals surface area (Å²) >= 11 is 0. The van der Waals surface area contributed by atoms with Gasteiger partial charge >= 0.3 is 5.97 Å². The fourth-order valence-electron chi connectivity index (χ4n) is 2.22. The highest BCUT2D eigenvalue weighted by molar-refractivity contribution is 5.74. The van der Waals surface area contributed by atoms with Crippen molar-refractivity contribution in [3.8, 4) is 0 Å². The van der Waals surface area contributed by atoms with Gasteiger partial charge in [-0.25, -0.2) is 0 Å². The van der Waals surface area contributed by atoms with Gasteiger partial charge in [0, 0.05) is 19.6 Å².